The molecule has 0 aliphatic carbocycles. The van der Waals surface area contributed by atoms with Gasteiger partial charge in [-0.25, -0.2) is 8.42 Å². The summed E-state index contributed by atoms with van der Waals surface area (Å²) in [5.74, 6) is -0.368. The van der Waals surface area contributed by atoms with Crippen LogP contribution in [-0.2, 0) is 10.0 Å². The van der Waals surface area contributed by atoms with E-state index in [-0.39, 0.29) is 33.7 Å². The predicted molar refractivity (Wildman–Crippen MR) is 123 cm³/mol. The highest BCUT2D eigenvalue weighted by Gasteiger charge is 2.24. The zero-order valence-corrected chi connectivity index (χ0v) is 19.5. The molecule has 1 amide bonds. The van der Waals surface area contributed by atoms with Gasteiger partial charge in [-0.3, -0.25) is 14.9 Å². The number of nitrogens with zero attached hydrogens (tertiary/aromatic N) is 2. The number of ether oxygens (including phenoxy) is 1. The average molecular weight is 465 g/mol. The normalized spacial score (nSPS) is 11.5. The molecular weight excluding hydrogens is 436 g/mol. The first kappa shape index (κ1) is 25.1. The molecule has 0 aromatic heterocycles. The Morgan fingerprint density at radius 1 is 1.12 bits per heavy atom. The molecule has 0 atom stereocenters. The summed E-state index contributed by atoms with van der Waals surface area (Å²) in [6, 6.07) is 8.11. The fourth-order valence-corrected chi connectivity index (χ4v) is 4.56. The van der Waals surface area contributed by atoms with Gasteiger partial charge in [-0.2, -0.15) is 4.31 Å². The molecule has 0 saturated heterocycles. The smallest absolute Gasteiger partial charge is 0.270 e. The molecule has 2 aromatic carbocycles. The minimum atomic E-state index is -3.78. The Labute approximate surface area is 187 Å². The second kappa shape index (κ2) is 10.4. The van der Waals surface area contributed by atoms with Crippen molar-refractivity contribution in [3.8, 4) is 5.75 Å². The third kappa shape index (κ3) is 5.54. The van der Waals surface area contributed by atoms with Gasteiger partial charge >= 0.3 is 0 Å². The van der Waals surface area contributed by atoms with Crippen molar-refractivity contribution in [2.45, 2.75) is 38.7 Å². The van der Waals surface area contributed by atoms with E-state index < -0.39 is 20.9 Å². The number of nitro groups is 1. The van der Waals surface area contributed by atoms with Gasteiger partial charge in [0, 0.05) is 38.0 Å². The molecule has 10 nitrogen and oxygen atoms in total. The Morgan fingerprint density at radius 2 is 1.78 bits per heavy atom. The van der Waals surface area contributed by atoms with Crippen molar-refractivity contribution in [3.05, 3.63) is 52.1 Å². The number of rotatable bonds is 10. The lowest BCUT2D eigenvalue weighted by atomic mass is 10.1. The van der Waals surface area contributed by atoms with Crippen molar-refractivity contribution in [2.24, 2.45) is 0 Å². The van der Waals surface area contributed by atoms with Gasteiger partial charge in [0.15, 0.2) is 0 Å². The lowest BCUT2D eigenvalue weighted by Crippen LogP contribution is -2.30. The number of anilines is 2. The van der Waals surface area contributed by atoms with Crippen LogP contribution in [-0.4, -0.2) is 49.8 Å². The van der Waals surface area contributed by atoms with Crippen molar-refractivity contribution < 1.29 is 22.9 Å². The SMILES string of the molecule is CCN(CC)S(=O)(=O)c1ccc(OC(C)C)c(NC(=O)c2cc([N+](=O)[O-])ccc2NC)c1. The second-order valence-corrected chi connectivity index (χ2v) is 9.04. The molecule has 174 valence electrons. The summed E-state index contributed by atoms with van der Waals surface area (Å²) >= 11 is 0. The fraction of sp³-hybridized carbons (Fsp3) is 0.381. The molecule has 0 fully saturated rings. The van der Waals surface area contributed by atoms with Gasteiger partial charge < -0.3 is 15.4 Å². The Balaban J connectivity index is 2.54. The lowest BCUT2D eigenvalue weighted by Gasteiger charge is -2.21. The highest BCUT2D eigenvalue weighted by Crippen LogP contribution is 2.31. The van der Waals surface area contributed by atoms with E-state index in [0.717, 1.165) is 6.07 Å². The van der Waals surface area contributed by atoms with E-state index in [0.29, 0.717) is 18.8 Å². The van der Waals surface area contributed by atoms with Crippen LogP contribution in [0.15, 0.2) is 41.3 Å². The number of non-ortho nitro benzene ring substituents is 1. The molecule has 2 aromatic rings. The number of benzene rings is 2. The first-order valence-corrected chi connectivity index (χ1v) is 11.6. The largest absolute Gasteiger partial charge is 0.489 e. The summed E-state index contributed by atoms with van der Waals surface area (Å²) in [7, 11) is -2.19. The quantitative estimate of drug-likeness (QED) is 0.405. The second-order valence-electron chi connectivity index (χ2n) is 7.11. The molecule has 0 bridgehead atoms. The standard InChI is InChI=1S/C21H28N4O6S/c1-6-24(7-2)32(29,30)16-9-11-20(31-14(3)4)19(13-16)23-21(26)17-12-15(25(27)28)8-10-18(17)22-5/h8-14,22H,6-7H2,1-5H3,(H,23,26). The van der Waals surface area contributed by atoms with Crippen LogP contribution in [0, 0.1) is 10.1 Å². The zero-order valence-electron chi connectivity index (χ0n) is 18.7. The summed E-state index contributed by atoms with van der Waals surface area (Å²) in [6.07, 6.45) is -0.235. The van der Waals surface area contributed by atoms with E-state index in [1.807, 2.05) is 0 Å². The van der Waals surface area contributed by atoms with Crippen LogP contribution in [0.2, 0.25) is 0 Å². The molecule has 2 rings (SSSR count). The number of nitro benzene ring substituents is 1. The van der Waals surface area contributed by atoms with E-state index >= 15 is 0 Å². The van der Waals surface area contributed by atoms with Gasteiger partial charge in [0.1, 0.15) is 5.75 Å². The minimum Gasteiger partial charge on any atom is -0.489 e. The molecule has 0 aliphatic heterocycles. The molecule has 0 saturated carbocycles. The van der Waals surface area contributed by atoms with Crippen LogP contribution in [0.4, 0.5) is 17.1 Å². The van der Waals surface area contributed by atoms with E-state index in [1.54, 1.807) is 34.7 Å². The Kier molecular flexibility index (Phi) is 8.17. The van der Waals surface area contributed by atoms with Crippen LogP contribution in [0.25, 0.3) is 0 Å². The number of carbonyl (C=O) groups excluding carboxylic acids is 1. The number of amides is 1. The van der Waals surface area contributed by atoms with Gasteiger partial charge in [-0.15, -0.1) is 0 Å². The van der Waals surface area contributed by atoms with Gasteiger partial charge in [-0.1, -0.05) is 13.8 Å². The summed E-state index contributed by atoms with van der Waals surface area (Å²) in [4.78, 5) is 23.6. The molecule has 32 heavy (non-hydrogen) atoms. The van der Waals surface area contributed by atoms with Crippen molar-refractivity contribution in [1.82, 2.24) is 4.31 Å². The Morgan fingerprint density at radius 3 is 2.31 bits per heavy atom. The molecule has 0 radical (unpaired) electrons. The van der Waals surface area contributed by atoms with E-state index in [1.165, 1.54) is 34.6 Å². The highest BCUT2D eigenvalue weighted by molar-refractivity contribution is 7.89. The molecule has 0 unspecified atom stereocenters. The van der Waals surface area contributed by atoms with Crippen LogP contribution >= 0.6 is 0 Å². The van der Waals surface area contributed by atoms with Crippen molar-refractivity contribution >= 4 is 33.0 Å². The van der Waals surface area contributed by atoms with Crippen molar-refractivity contribution in [2.75, 3.05) is 30.8 Å². The van der Waals surface area contributed by atoms with Gasteiger partial charge in [0.05, 0.1) is 27.2 Å². The average Bonchev–Trinajstić information content (AvgIpc) is 2.74. The topological polar surface area (TPSA) is 131 Å². The number of nitrogens with one attached hydrogen (secondary N) is 2. The number of carbonyl (C=O) groups is 1. The summed E-state index contributed by atoms with van der Waals surface area (Å²) in [6.45, 7) is 7.66. The third-order valence-corrected chi connectivity index (χ3v) is 6.68. The first-order valence-electron chi connectivity index (χ1n) is 10.1. The third-order valence-electron chi connectivity index (χ3n) is 4.63. The molecular formula is C21H28N4O6S. The van der Waals surface area contributed by atoms with Gasteiger partial charge in [-0.05, 0) is 38.1 Å². The van der Waals surface area contributed by atoms with E-state index in [9.17, 15) is 23.3 Å². The monoisotopic (exact) mass is 464 g/mol. The van der Waals surface area contributed by atoms with Crippen LogP contribution < -0.4 is 15.4 Å². The maximum Gasteiger partial charge on any atom is 0.270 e. The summed E-state index contributed by atoms with van der Waals surface area (Å²) in [5, 5.41) is 16.6. The van der Waals surface area contributed by atoms with Crippen LogP contribution in [0.3, 0.4) is 0 Å². The maximum absolute atomic E-state index is 13.0. The van der Waals surface area contributed by atoms with Crippen LogP contribution in [0.5, 0.6) is 5.75 Å². The molecule has 2 N–H and O–H groups in total. The molecule has 11 heteroatoms. The lowest BCUT2D eigenvalue weighted by molar-refractivity contribution is -0.384. The summed E-state index contributed by atoms with van der Waals surface area (Å²) < 4.78 is 32.9. The van der Waals surface area contributed by atoms with Crippen LogP contribution in [0.1, 0.15) is 38.1 Å². The fourth-order valence-electron chi connectivity index (χ4n) is 3.08. The highest BCUT2D eigenvalue weighted by atomic mass is 32.2. The Bertz CT molecular complexity index is 1100. The number of hydrogen-bond donors (Lipinski definition) is 2. The van der Waals surface area contributed by atoms with E-state index in [4.69, 9.17) is 4.74 Å². The first-order chi connectivity index (χ1) is 15.0. The van der Waals surface area contributed by atoms with Crippen molar-refractivity contribution in [1.29, 1.82) is 0 Å². The van der Waals surface area contributed by atoms with Gasteiger partial charge in [0.2, 0.25) is 10.0 Å². The molecule has 0 aliphatic rings. The van der Waals surface area contributed by atoms with E-state index in [2.05, 4.69) is 10.6 Å². The minimum absolute atomic E-state index is 0.000452. The van der Waals surface area contributed by atoms with Crippen molar-refractivity contribution in [3.63, 3.8) is 0 Å². The number of sulfonamides is 1. The molecule has 0 heterocycles. The van der Waals surface area contributed by atoms with Gasteiger partial charge in [0.25, 0.3) is 11.6 Å². The number of hydrogen-bond acceptors (Lipinski definition) is 7. The Hall–Kier alpha value is -3.18. The molecule has 0 spiro atoms. The zero-order chi connectivity index (χ0) is 24.1. The summed E-state index contributed by atoms with van der Waals surface area (Å²) in [5.41, 5.74) is 0.316. The predicted octanol–water partition coefficient (Wildman–Crippen LogP) is 3.71. The maximum atomic E-state index is 13.0.